The summed E-state index contributed by atoms with van der Waals surface area (Å²) in [5.41, 5.74) is 0. The molecule has 0 saturated carbocycles. The van der Waals surface area contributed by atoms with Gasteiger partial charge in [-0.3, -0.25) is 0 Å². The first kappa shape index (κ1) is 45.2. The van der Waals surface area contributed by atoms with E-state index in [1.54, 1.807) is 14.2 Å². The lowest BCUT2D eigenvalue weighted by molar-refractivity contribution is -0.00272. The maximum absolute atomic E-state index is 4.47. The summed E-state index contributed by atoms with van der Waals surface area (Å²) >= 11 is 0. The predicted molar refractivity (Wildman–Crippen MR) is 135 cm³/mol. The molecule has 2 rings (SSSR count). The molecule has 0 unspecified atom stereocenters. The number of methoxy groups -OCH3 is 2. The van der Waals surface area contributed by atoms with Crippen LogP contribution in [0.4, 0.5) is 0 Å². The Labute approximate surface area is 180 Å². The van der Waals surface area contributed by atoms with Crippen LogP contribution < -0.4 is 0 Å². The van der Waals surface area contributed by atoms with E-state index in [1.165, 1.54) is 19.3 Å². The van der Waals surface area contributed by atoms with E-state index in [2.05, 4.69) is 23.3 Å². The fourth-order valence-electron chi connectivity index (χ4n) is 1.24. The summed E-state index contributed by atoms with van der Waals surface area (Å²) in [4.78, 5) is 0. The minimum absolute atomic E-state index is 0. The summed E-state index contributed by atoms with van der Waals surface area (Å²) in [5, 5.41) is 0. The highest BCUT2D eigenvalue weighted by Gasteiger charge is 1.68. The molecule has 0 N–H and O–H groups in total. The molecule has 2 aromatic carbocycles. The minimum atomic E-state index is 0. The van der Waals surface area contributed by atoms with Crippen LogP contribution in [-0.4, -0.2) is 21.0 Å². The summed E-state index contributed by atoms with van der Waals surface area (Å²) in [6, 6.07) is 24.0. The van der Waals surface area contributed by atoms with Gasteiger partial charge < -0.3 is 9.47 Å². The molecule has 0 bridgehead atoms. The van der Waals surface area contributed by atoms with Gasteiger partial charge in [-0.1, -0.05) is 149 Å². The summed E-state index contributed by atoms with van der Waals surface area (Å²) in [6.07, 6.45) is 4.08. The molecule has 28 heavy (non-hydrogen) atoms. The number of benzene rings is 2. The second-order valence-electron chi connectivity index (χ2n) is 4.36. The molecule has 0 spiro atoms. The molecule has 2 heteroatoms. The number of hydrogen-bond donors (Lipinski definition) is 0. The van der Waals surface area contributed by atoms with Gasteiger partial charge in [0.15, 0.2) is 0 Å². The number of hydrogen-bond acceptors (Lipinski definition) is 2. The van der Waals surface area contributed by atoms with Crippen LogP contribution in [0.5, 0.6) is 0 Å². The van der Waals surface area contributed by atoms with E-state index in [0.717, 1.165) is 0 Å². The van der Waals surface area contributed by atoms with Gasteiger partial charge in [0.2, 0.25) is 0 Å². The third-order valence-corrected chi connectivity index (χ3v) is 2.28. The minimum Gasteiger partial charge on any atom is -0.359 e. The molecule has 0 aliphatic heterocycles. The van der Waals surface area contributed by atoms with Gasteiger partial charge in [0, 0.05) is 14.2 Å². The van der Waals surface area contributed by atoms with Gasteiger partial charge in [-0.15, -0.1) is 0 Å². The molecule has 0 radical (unpaired) electrons. The van der Waals surface area contributed by atoms with Gasteiger partial charge >= 0.3 is 0 Å². The number of rotatable bonds is 4. The molecule has 0 fully saturated rings. The molecule has 0 atom stereocenters. The Bertz CT molecular complexity index is 254. The van der Waals surface area contributed by atoms with E-state index in [9.17, 15) is 0 Å². The average molecular weight is 399 g/mol. The van der Waals surface area contributed by atoms with Crippen LogP contribution in [-0.2, 0) is 9.47 Å². The first-order valence-corrected chi connectivity index (χ1v) is 8.81. The Balaban J connectivity index is -0.0000000391. The van der Waals surface area contributed by atoms with Crippen molar-refractivity contribution in [1.29, 1.82) is 0 Å². The Hall–Kier alpha value is -1.64. The highest BCUT2D eigenvalue weighted by Crippen LogP contribution is 1.88. The highest BCUT2D eigenvalue weighted by atomic mass is 16.6. The summed E-state index contributed by atoms with van der Waals surface area (Å²) in [6.45, 7) is 8.81. The quantitative estimate of drug-likeness (QED) is 0.477. The van der Waals surface area contributed by atoms with Crippen molar-refractivity contribution >= 4 is 0 Å². The average Bonchev–Trinajstić information content (AvgIpc) is 2.69. The zero-order valence-electron chi connectivity index (χ0n) is 16.6. The lowest BCUT2D eigenvalue weighted by Gasteiger charge is -1.87. The Morgan fingerprint density at radius 2 is 0.643 bits per heavy atom. The summed E-state index contributed by atoms with van der Waals surface area (Å²) in [7, 11) is 3.17. The number of ether oxygens (including phenoxy) is 2. The highest BCUT2D eigenvalue weighted by molar-refractivity contribution is 4.99. The predicted octanol–water partition coefficient (Wildman–Crippen LogP) is 9.38. The molecule has 2 nitrogen and oxygen atoms in total. The topological polar surface area (TPSA) is 18.5 Å². The summed E-state index contributed by atoms with van der Waals surface area (Å²) in [5.74, 6) is 0. The normalized spacial score (nSPS) is 6.64. The molecular formula is C26H54O2. The Kier molecular flexibility index (Phi) is 90.8. The van der Waals surface area contributed by atoms with E-state index in [0.29, 0.717) is 6.79 Å². The Morgan fingerprint density at radius 3 is 0.679 bits per heavy atom. The van der Waals surface area contributed by atoms with Gasteiger partial charge in [0.05, 0.1) is 0 Å². The van der Waals surface area contributed by atoms with Crippen LogP contribution in [0.1, 0.15) is 76.7 Å². The van der Waals surface area contributed by atoms with Gasteiger partial charge in [-0.05, 0) is 0 Å². The zero-order chi connectivity index (χ0) is 18.7. The molecule has 0 aliphatic rings. The van der Waals surface area contributed by atoms with Crippen molar-refractivity contribution in [2.45, 2.75) is 76.7 Å². The lowest BCUT2D eigenvalue weighted by atomic mass is 10.3. The fraction of sp³-hybridized carbons (Fsp3) is 0.538. The van der Waals surface area contributed by atoms with Gasteiger partial charge in [0.1, 0.15) is 6.79 Å². The largest absolute Gasteiger partial charge is 0.359 e. The maximum Gasteiger partial charge on any atom is 0.145 e. The van der Waals surface area contributed by atoms with Crippen molar-refractivity contribution in [2.75, 3.05) is 21.0 Å². The van der Waals surface area contributed by atoms with E-state index in [1.807, 2.05) is 86.6 Å². The monoisotopic (exact) mass is 398 g/mol. The second-order valence-corrected chi connectivity index (χ2v) is 4.36. The standard InChI is InChI=1S/2C6H6.C5H12.C3H8O2.C2H6.4CH4/c2*1-2-4-6-5-3-1;1-3-5-4-2;1-4-3-5-2;1-2;;;;/h2*1-6H;3-5H2,1-2H3;3H2,1-2H3;1-2H3;4*1H4. The van der Waals surface area contributed by atoms with Crippen LogP contribution in [0.25, 0.3) is 0 Å². The SMILES string of the molecule is C.C.C.C.CC.CCCCC.COCOC.c1ccccc1.c1ccccc1. The first-order chi connectivity index (χ1) is 11.8. The molecule has 170 valence electrons. The van der Waals surface area contributed by atoms with Gasteiger partial charge in [0.25, 0.3) is 0 Å². The molecule has 2 aromatic rings. The smallest absolute Gasteiger partial charge is 0.145 e. The molecular weight excluding hydrogens is 344 g/mol. The van der Waals surface area contributed by atoms with Crippen molar-refractivity contribution < 1.29 is 9.47 Å². The van der Waals surface area contributed by atoms with Gasteiger partial charge in [-0.25, -0.2) is 0 Å². The van der Waals surface area contributed by atoms with Gasteiger partial charge in [-0.2, -0.15) is 0 Å². The molecule has 0 heterocycles. The first-order valence-electron chi connectivity index (χ1n) is 8.81. The fourth-order valence-corrected chi connectivity index (χ4v) is 1.24. The van der Waals surface area contributed by atoms with Crippen LogP contribution >= 0.6 is 0 Å². The van der Waals surface area contributed by atoms with Crippen molar-refractivity contribution in [3.63, 3.8) is 0 Å². The van der Waals surface area contributed by atoms with E-state index < -0.39 is 0 Å². The molecule has 0 aliphatic carbocycles. The van der Waals surface area contributed by atoms with Crippen molar-refractivity contribution in [3.8, 4) is 0 Å². The van der Waals surface area contributed by atoms with E-state index in [-0.39, 0.29) is 29.7 Å². The van der Waals surface area contributed by atoms with E-state index >= 15 is 0 Å². The zero-order valence-corrected chi connectivity index (χ0v) is 16.6. The third kappa shape index (κ3) is 64.5. The summed E-state index contributed by atoms with van der Waals surface area (Å²) < 4.78 is 8.94. The van der Waals surface area contributed by atoms with Crippen LogP contribution in [0.3, 0.4) is 0 Å². The maximum atomic E-state index is 4.47. The van der Waals surface area contributed by atoms with Crippen molar-refractivity contribution in [2.24, 2.45) is 0 Å². The van der Waals surface area contributed by atoms with Crippen molar-refractivity contribution in [3.05, 3.63) is 72.8 Å². The molecule has 0 aromatic heterocycles. The van der Waals surface area contributed by atoms with Crippen LogP contribution in [0, 0.1) is 0 Å². The second kappa shape index (κ2) is 56.2. The van der Waals surface area contributed by atoms with Crippen molar-refractivity contribution in [1.82, 2.24) is 0 Å². The van der Waals surface area contributed by atoms with Crippen LogP contribution in [0.2, 0.25) is 0 Å². The van der Waals surface area contributed by atoms with Crippen LogP contribution in [0.15, 0.2) is 72.8 Å². The Morgan fingerprint density at radius 1 is 0.464 bits per heavy atom. The molecule has 0 saturated heterocycles. The molecule has 0 amide bonds. The lowest BCUT2D eigenvalue weighted by Crippen LogP contribution is -1.87. The van der Waals surface area contributed by atoms with E-state index in [4.69, 9.17) is 0 Å². The number of unbranched alkanes of at least 4 members (excludes halogenated alkanes) is 2. The third-order valence-electron chi connectivity index (χ3n) is 2.28.